The van der Waals surface area contributed by atoms with E-state index in [1.807, 2.05) is 14.1 Å². The Balaban J connectivity index is 2.12. The lowest BCUT2D eigenvalue weighted by molar-refractivity contribution is 0.122. The van der Waals surface area contributed by atoms with Gasteiger partial charge in [0.25, 0.3) is 0 Å². The van der Waals surface area contributed by atoms with Gasteiger partial charge in [0.15, 0.2) is 0 Å². The van der Waals surface area contributed by atoms with E-state index < -0.39 is 0 Å². The maximum atomic E-state index is 5.38. The molecule has 7 nitrogen and oxygen atoms in total. The molecule has 118 valence electrons. The number of hydrogen-bond donors (Lipinski definition) is 1. The molecule has 1 aliphatic rings. The molecule has 0 atom stereocenters. The molecular formula is C14H26N6O. The lowest BCUT2D eigenvalue weighted by Gasteiger charge is -2.28. The summed E-state index contributed by atoms with van der Waals surface area (Å²) < 4.78 is 5.38. The Morgan fingerprint density at radius 1 is 1.19 bits per heavy atom. The third-order valence-corrected chi connectivity index (χ3v) is 3.57. The number of nitrogens with one attached hydrogen (secondary N) is 1. The molecule has 2 heterocycles. The Labute approximate surface area is 126 Å². The molecule has 1 aliphatic heterocycles. The molecule has 2 rings (SSSR count). The van der Waals surface area contributed by atoms with Crippen molar-refractivity contribution < 1.29 is 4.74 Å². The second-order valence-corrected chi connectivity index (χ2v) is 5.24. The third kappa shape index (κ3) is 4.42. The lowest BCUT2D eigenvalue weighted by Crippen LogP contribution is -2.38. The molecule has 1 N–H and O–H groups in total. The van der Waals surface area contributed by atoms with Crippen molar-refractivity contribution in [3.8, 4) is 0 Å². The molecule has 0 unspecified atom stereocenters. The molecule has 1 aromatic heterocycles. The quantitative estimate of drug-likeness (QED) is 0.762. The summed E-state index contributed by atoms with van der Waals surface area (Å²) in [6, 6.07) is 0. The van der Waals surface area contributed by atoms with Gasteiger partial charge in [0.05, 0.1) is 13.2 Å². The molecule has 21 heavy (non-hydrogen) atoms. The summed E-state index contributed by atoms with van der Waals surface area (Å²) in [7, 11) is 3.87. The standard InChI is InChI=1S/C14H26N6O/c1-4-5-6-7-19(3)13-16-12(15-2)17-14(18-13)20-8-10-21-11-9-20/h4-11H2,1-3H3,(H,15,16,17,18). The van der Waals surface area contributed by atoms with Gasteiger partial charge in [-0.05, 0) is 6.42 Å². The molecule has 1 aromatic rings. The zero-order chi connectivity index (χ0) is 15.1. The van der Waals surface area contributed by atoms with E-state index in [2.05, 4.69) is 37.0 Å². The summed E-state index contributed by atoms with van der Waals surface area (Å²) in [6.45, 7) is 6.27. The van der Waals surface area contributed by atoms with Crippen molar-refractivity contribution in [2.75, 3.05) is 62.1 Å². The van der Waals surface area contributed by atoms with Crippen molar-refractivity contribution in [1.29, 1.82) is 0 Å². The number of nitrogens with zero attached hydrogens (tertiary/aromatic N) is 5. The molecular weight excluding hydrogens is 268 g/mol. The van der Waals surface area contributed by atoms with Crippen LogP contribution in [0.4, 0.5) is 17.8 Å². The monoisotopic (exact) mass is 294 g/mol. The van der Waals surface area contributed by atoms with Crippen LogP contribution in [-0.4, -0.2) is 61.9 Å². The summed E-state index contributed by atoms with van der Waals surface area (Å²) in [6.07, 6.45) is 3.59. The smallest absolute Gasteiger partial charge is 0.232 e. The van der Waals surface area contributed by atoms with Gasteiger partial charge in [-0.2, -0.15) is 15.0 Å². The summed E-state index contributed by atoms with van der Waals surface area (Å²) in [5, 5.41) is 3.02. The summed E-state index contributed by atoms with van der Waals surface area (Å²) in [4.78, 5) is 17.8. The number of ether oxygens (including phenoxy) is 1. The van der Waals surface area contributed by atoms with Gasteiger partial charge in [0.2, 0.25) is 17.8 Å². The van der Waals surface area contributed by atoms with E-state index in [-0.39, 0.29) is 0 Å². The fraction of sp³-hybridized carbons (Fsp3) is 0.786. The van der Waals surface area contributed by atoms with Crippen molar-refractivity contribution in [2.24, 2.45) is 0 Å². The molecule has 0 radical (unpaired) electrons. The van der Waals surface area contributed by atoms with Crippen LogP contribution >= 0.6 is 0 Å². The van der Waals surface area contributed by atoms with Gasteiger partial charge in [0.1, 0.15) is 0 Å². The molecule has 0 amide bonds. The highest BCUT2D eigenvalue weighted by atomic mass is 16.5. The van der Waals surface area contributed by atoms with Crippen LogP contribution in [-0.2, 0) is 4.74 Å². The first-order valence-electron chi connectivity index (χ1n) is 7.72. The minimum atomic E-state index is 0.615. The number of unbranched alkanes of at least 4 members (excludes halogenated alkanes) is 2. The van der Waals surface area contributed by atoms with E-state index >= 15 is 0 Å². The van der Waals surface area contributed by atoms with Crippen molar-refractivity contribution in [3.05, 3.63) is 0 Å². The van der Waals surface area contributed by atoms with E-state index in [9.17, 15) is 0 Å². The topological polar surface area (TPSA) is 66.4 Å². The fourth-order valence-corrected chi connectivity index (χ4v) is 2.24. The minimum Gasteiger partial charge on any atom is -0.378 e. The maximum Gasteiger partial charge on any atom is 0.232 e. The van der Waals surface area contributed by atoms with E-state index in [1.54, 1.807) is 0 Å². The largest absolute Gasteiger partial charge is 0.378 e. The highest BCUT2D eigenvalue weighted by molar-refractivity contribution is 5.44. The number of hydrogen-bond acceptors (Lipinski definition) is 7. The third-order valence-electron chi connectivity index (χ3n) is 3.57. The van der Waals surface area contributed by atoms with Crippen LogP contribution in [0, 0.1) is 0 Å². The predicted molar refractivity (Wildman–Crippen MR) is 85.2 cm³/mol. The number of anilines is 3. The van der Waals surface area contributed by atoms with Gasteiger partial charge in [-0.3, -0.25) is 0 Å². The van der Waals surface area contributed by atoms with Crippen LogP contribution < -0.4 is 15.1 Å². The second kappa shape index (κ2) is 7.97. The molecule has 1 fully saturated rings. The molecule has 0 aliphatic carbocycles. The average molecular weight is 294 g/mol. The highest BCUT2D eigenvalue weighted by Crippen LogP contribution is 2.17. The van der Waals surface area contributed by atoms with Gasteiger partial charge >= 0.3 is 0 Å². The highest BCUT2D eigenvalue weighted by Gasteiger charge is 2.17. The molecule has 0 saturated carbocycles. The maximum absolute atomic E-state index is 5.38. The molecule has 1 saturated heterocycles. The lowest BCUT2D eigenvalue weighted by atomic mass is 10.2. The number of morpholine rings is 1. The molecule has 0 aromatic carbocycles. The summed E-state index contributed by atoms with van der Waals surface area (Å²) >= 11 is 0. The van der Waals surface area contributed by atoms with Crippen LogP contribution in [0.3, 0.4) is 0 Å². The fourth-order valence-electron chi connectivity index (χ4n) is 2.24. The van der Waals surface area contributed by atoms with E-state index in [4.69, 9.17) is 4.74 Å². The first-order valence-corrected chi connectivity index (χ1v) is 7.72. The SMILES string of the molecule is CCCCCN(C)c1nc(NC)nc(N2CCOCC2)n1. The van der Waals surface area contributed by atoms with Gasteiger partial charge in [0, 0.05) is 33.7 Å². The second-order valence-electron chi connectivity index (χ2n) is 5.24. The Morgan fingerprint density at radius 2 is 1.95 bits per heavy atom. The minimum absolute atomic E-state index is 0.615. The summed E-state index contributed by atoms with van der Waals surface area (Å²) in [5.41, 5.74) is 0. The Kier molecular flexibility index (Phi) is 5.98. The van der Waals surface area contributed by atoms with Crippen LogP contribution in [0.5, 0.6) is 0 Å². The molecule has 0 spiro atoms. The molecule has 7 heteroatoms. The Morgan fingerprint density at radius 3 is 2.62 bits per heavy atom. The number of aromatic nitrogens is 3. The van der Waals surface area contributed by atoms with Crippen molar-refractivity contribution in [2.45, 2.75) is 26.2 Å². The first-order chi connectivity index (χ1) is 10.2. The predicted octanol–water partition coefficient (Wildman–Crippen LogP) is 1.38. The summed E-state index contributed by atoms with van der Waals surface area (Å²) in [5.74, 6) is 2.07. The van der Waals surface area contributed by atoms with Crippen LogP contribution in [0.1, 0.15) is 26.2 Å². The Hall–Kier alpha value is -1.63. The first kappa shape index (κ1) is 15.8. The van der Waals surface area contributed by atoms with Gasteiger partial charge in [-0.15, -0.1) is 0 Å². The normalized spacial score (nSPS) is 15.1. The van der Waals surface area contributed by atoms with E-state index in [0.29, 0.717) is 5.95 Å². The van der Waals surface area contributed by atoms with Crippen molar-refractivity contribution in [3.63, 3.8) is 0 Å². The van der Waals surface area contributed by atoms with Crippen molar-refractivity contribution >= 4 is 17.8 Å². The van der Waals surface area contributed by atoms with E-state index in [0.717, 1.165) is 51.2 Å². The average Bonchev–Trinajstić information content (AvgIpc) is 2.55. The Bertz CT molecular complexity index is 435. The van der Waals surface area contributed by atoms with E-state index in [1.165, 1.54) is 12.8 Å². The molecule has 0 bridgehead atoms. The van der Waals surface area contributed by atoms with Crippen LogP contribution in [0.15, 0.2) is 0 Å². The number of rotatable bonds is 7. The van der Waals surface area contributed by atoms with Gasteiger partial charge in [-0.1, -0.05) is 19.8 Å². The van der Waals surface area contributed by atoms with Gasteiger partial charge in [-0.25, -0.2) is 0 Å². The zero-order valence-corrected chi connectivity index (χ0v) is 13.3. The van der Waals surface area contributed by atoms with Gasteiger partial charge < -0.3 is 19.9 Å². The van der Waals surface area contributed by atoms with Crippen LogP contribution in [0.2, 0.25) is 0 Å². The van der Waals surface area contributed by atoms with Crippen molar-refractivity contribution in [1.82, 2.24) is 15.0 Å². The zero-order valence-electron chi connectivity index (χ0n) is 13.3. The van der Waals surface area contributed by atoms with Crippen LogP contribution in [0.25, 0.3) is 0 Å².